The van der Waals surface area contributed by atoms with Gasteiger partial charge in [-0.1, -0.05) is 78.9 Å². The fourth-order valence-electron chi connectivity index (χ4n) is 2.22. The van der Waals surface area contributed by atoms with Crippen molar-refractivity contribution in [2.75, 3.05) is 5.43 Å². The highest BCUT2D eigenvalue weighted by molar-refractivity contribution is 5.99. The third-order valence-electron chi connectivity index (χ3n) is 3.42. The Hall–Kier alpha value is -3.07. The molecule has 0 aliphatic rings. The molecule has 0 bridgehead atoms. The van der Waals surface area contributed by atoms with E-state index in [0.717, 1.165) is 23.6 Å². The summed E-state index contributed by atoms with van der Waals surface area (Å²) in [6, 6.07) is 30.3. The molecule has 0 aromatic heterocycles. The second kappa shape index (κ2) is 7.80. The van der Waals surface area contributed by atoms with Crippen LogP contribution in [-0.2, 0) is 6.54 Å². The van der Waals surface area contributed by atoms with E-state index in [4.69, 9.17) is 0 Å². The fourth-order valence-corrected chi connectivity index (χ4v) is 2.22. The highest BCUT2D eigenvalue weighted by Gasteiger charge is 2.03. The standard InChI is InChI=1S/C20H19N3/c1-4-10-17(11-5-1)16-21-20(18-12-6-2-7-13-18)23-22-19-14-8-3-9-15-19/h1-15,22H,16H2,(H,21,23). The summed E-state index contributed by atoms with van der Waals surface area (Å²) in [6.07, 6.45) is 0. The molecule has 0 saturated carbocycles. The number of nitrogens with zero attached hydrogens (tertiary/aromatic N) is 1. The first-order valence-corrected chi connectivity index (χ1v) is 7.64. The molecule has 114 valence electrons. The third kappa shape index (κ3) is 4.45. The first-order valence-electron chi connectivity index (χ1n) is 7.64. The van der Waals surface area contributed by atoms with E-state index in [1.165, 1.54) is 5.56 Å². The van der Waals surface area contributed by atoms with Crippen molar-refractivity contribution in [3.05, 3.63) is 102 Å². The minimum Gasteiger partial charge on any atom is -0.364 e. The molecule has 0 fully saturated rings. The maximum absolute atomic E-state index is 4.53. The summed E-state index contributed by atoms with van der Waals surface area (Å²) in [4.78, 5) is 0. The van der Waals surface area contributed by atoms with Gasteiger partial charge in [0.2, 0.25) is 0 Å². The van der Waals surface area contributed by atoms with E-state index in [1.807, 2.05) is 78.9 Å². The number of amidine groups is 1. The molecule has 23 heavy (non-hydrogen) atoms. The monoisotopic (exact) mass is 301 g/mol. The minimum atomic E-state index is 0.727. The number of anilines is 1. The van der Waals surface area contributed by atoms with Gasteiger partial charge in [-0.3, -0.25) is 5.43 Å². The van der Waals surface area contributed by atoms with Crippen molar-refractivity contribution in [2.24, 2.45) is 5.10 Å². The summed E-state index contributed by atoms with van der Waals surface area (Å²) in [5.74, 6) is 0.818. The van der Waals surface area contributed by atoms with Crippen molar-refractivity contribution in [3.63, 3.8) is 0 Å². The van der Waals surface area contributed by atoms with E-state index in [-0.39, 0.29) is 0 Å². The first kappa shape index (κ1) is 14.9. The second-order valence-electron chi connectivity index (χ2n) is 5.14. The van der Waals surface area contributed by atoms with Crippen molar-refractivity contribution >= 4 is 11.5 Å². The van der Waals surface area contributed by atoms with E-state index < -0.39 is 0 Å². The number of rotatable bonds is 5. The van der Waals surface area contributed by atoms with Crippen LogP contribution in [0.25, 0.3) is 0 Å². The molecule has 3 rings (SSSR count). The van der Waals surface area contributed by atoms with E-state index in [2.05, 4.69) is 28.0 Å². The van der Waals surface area contributed by atoms with Gasteiger partial charge in [0, 0.05) is 12.1 Å². The van der Waals surface area contributed by atoms with Crippen LogP contribution in [0, 0.1) is 0 Å². The zero-order chi connectivity index (χ0) is 15.7. The van der Waals surface area contributed by atoms with Crippen molar-refractivity contribution in [3.8, 4) is 0 Å². The van der Waals surface area contributed by atoms with E-state index in [9.17, 15) is 0 Å². The van der Waals surface area contributed by atoms with Crippen LogP contribution < -0.4 is 10.7 Å². The van der Waals surface area contributed by atoms with Crippen LogP contribution in [0.4, 0.5) is 5.69 Å². The molecule has 3 nitrogen and oxygen atoms in total. The topological polar surface area (TPSA) is 36.4 Å². The third-order valence-corrected chi connectivity index (χ3v) is 3.42. The number of nitrogens with one attached hydrogen (secondary N) is 2. The van der Waals surface area contributed by atoms with Gasteiger partial charge in [-0.25, -0.2) is 0 Å². The average Bonchev–Trinajstić information content (AvgIpc) is 2.64. The van der Waals surface area contributed by atoms with Gasteiger partial charge in [-0.2, -0.15) is 5.10 Å². The van der Waals surface area contributed by atoms with Crippen molar-refractivity contribution < 1.29 is 0 Å². The summed E-state index contributed by atoms with van der Waals surface area (Å²) < 4.78 is 0. The predicted octanol–water partition coefficient (Wildman–Crippen LogP) is 4.25. The molecule has 0 aliphatic carbocycles. The lowest BCUT2D eigenvalue weighted by molar-refractivity contribution is 0.910. The Morgan fingerprint density at radius 1 is 0.696 bits per heavy atom. The van der Waals surface area contributed by atoms with Gasteiger partial charge in [0.15, 0.2) is 5.84 Å². The molecule has 0 radical (unpaired) electrons. The molecule has 0 saturated heterocycles. The second-order valence-corrected chi connectivity index (χ2v) is 5.14. The van der Waals surface area contributed by atoms with Crippen LogP contribution >= 0.6 is 0 Å². The van der Waals surface area contributed by atoms with Gasteiger partial charge in [-0.15, -0.1) is 0 Å². The van der Waals surface area contributed by atoms with Gasteiger partial charge >= 0.3 is 0 Å². The summed E-state index contributed by atoms with van der Waals surface area (Å²) >= 11 is 0. The van der Waals surface area contributed by atoms with Gasteiger partial charge in [0.1, 0.15) is 0 Å². The van der Waals surface area contributed by atoms with Gasteiger partial charge in [0.25, 0.3) is 0 Å². The Bertz CT molecular complexity index is 738. The molecular formula is C20H19N3. The summed E-state index contributed by atoms with van der Waals surface area (Å²) in [6.45, 7) is 0.727. The van der Waals surface area contributed by atoms with Crippen LogP contribution in [0.2, 0.25) is 0 Å². The molecule has 3 heteroatoms. The maximum Gasteiger partial charge on any atom is 0.153 e. The van der Waals surface area contributed by atoms with Gasteiger partial charge in [-0.05, 0) is 17.7 Å². The Kier molecular flexibility index (Phi) is 5.04. The Balaban J connectivity index is 1.76. The molecule has 0 unspecified atom stereocenters. The largest absolute Gasteiger partial charge is 0.364 e. The van der Waals surface area contributed by atoms with Gasteiger partial charge in [0.05, 0.1) is 5.69 Å². The smallest absolute Gasteiger partial charge is 0.153 e. The zero-order valence-corrected chi connectivity index (χ0v) is 12.8. The number of hydrazone groups is 1. The Morgan fingerprint density at radius 3 is 1.91 bits per heavy atom. The van der Waals surface area contributed by atoms with Crippen LogP contribution in [0.5, 0.6) is 0 Å². The predicted molar refractivity (Wildman–Crippen MR) is 96.3 cm³/mol. The van der Waals surface area contributed by atoms with Crippen LogP contribution in [0.1, 0.15) is 11.1 Å². The summed E-state index contributed by atoms with van der Waals surface area (Å²) in [7, 11) is 0. The summed E-state index contributed by atoms with van der Waals surface area (Å²) in [5.41, 5.74) is 6.33. The molecule has 3 aromatic carbocycles. The number of hydrogen-bond acceptors (Lipinski definition) is 2. The zero-order valence-electron chi connectivity index (χ0n) is 12.8. The highest BCUT2D eigenvalue weighted by Crippen LogP contribution is 2.07. The molecule has 0 amide bonds. The first-order chi connectivity index (χ1) is 11.4. The Morgan fingerprint density at radius 2 is 1.26 bits per heavy atom. The number of para-hydroxylation sites is 1. The minimum absolute atomic E-state index is 0.727. The van der Waals surface area contributed by atoms with E-state index >= 15 is 0 Å². The number of benzene rings is 3. The molecule has 2 N–H and O–H groups in total. The Labute approximate surface area is 136 Å². The van der Waals surface area contributed by atoms with Crippen LogP contribution in [0.15, 0.2) is 96.1 Å². The molecule has 0 aliphatic heterocycles. The SMILES string of the molecule is c1ccc(CN/C(=N\Nc2ccccc2)c2ccccc2)cc1. The summed E-state index contributed by atoms with van der Waals surface area (Å²) in [5, 5.41) is 7.94. The quantitative estimate of drug-likeness (QED) is 0.420. The maximum atomic E-state index is 4.53. The lowest BCUT2D eigenvalue weighted by atomic mass is 10.2. The highest BCUT2D eigenvalue weighted by atomic mass is 15.3. The van der Waals surface area contributed by atoms with Crippen molar-refractivity contribution in [2.45, 2.75) is 6.54 Å². The molecule has 3 aromatic rings. The molecule has 0 atom stereocenters. The van der Waals surface area contributed by atoms with Crippen molar-refractivity contribution in [1.82, 2.24) is 5.32 Å². The van der Waals surface area contributed by atoms with Crippen LogP contribution in [-0.4, -0.2) is 5.84 Å². The molecular weight excluding hydrogens is 282 g/mol. The van der Waals surface area contributed by atoms with E-state index in [0.29, 0.717) is 0 Å². The number of hydrogen-bond donors (Lipinski definition) is 2. The van der Waals surface area contributed by atoms with Gasteiger partial charge < -0.3 is 5.32 Å². The average molecular weight is 301 g/mol. The van der Waals surface area contributed by atoms with E-state index in [1.54, 1.807) is 0 Å². The lowest BCUT2D eigenvalue weighted by Gasteiger charge is -2.11. The normalized spacial score (nSPS) is 11.0. The van der Waals surface area contributed by atoms with Crippen molar-refractivity contribution in [1.29, 1.82) is 0 Å². The fraction of sp³-hybridized carbons (Fsp3) is 0.0500. The van der Waals surface area contributed by atoms with Crippen LogP contribution in [0.3, 0.4) is 0 Å². The molecule has 0 spiro atoms. The molecule has 0 heterocycles. The lowest BCUT2D eigenvalue weighted by Crippen LogP contribution is -2.25.